The first-order chi connectivity index (χ1) is 11.4. The number of rotatable bonds is 6. The molecule has 136 valence electrons. The first-order valence-corrected chi connectivity index (χ1v) is 9.30. The van der Waals surface area contributed by atoms with Crippen LogP contribution in [0.15, 0.2) is 35.5 Å². The molecule has 2 rings (SSSR count). The van der Waals surface area contributed by atoms with Crippen LogP contribution in [0.2, 0.25) is 0 Å². The molecule has 9 heteroatoms. The molecule has 1 fully saturated rings. The van der Waals surface area contributed by atoms with Gasteiger partial charge in [-0.3, -0.25) is 4.18 Å². The minimum Gasteiger partial charge on any atom is -0.393 e. The maximum atomic E-state index is 10.5. The normalized spacial score (nSPS) is 15.0. The molecule has 1 saturated carbocycles. The number of hydrogen-bond acceptors (Lipinski definition) is 5. The van der Waals surface area contributed by atoms with Gasteiger partial charge in [-0.25, -0.2) is 5.14 Å². The van der Waals surface area contributed by atoms with Crippen molar-refractivity contribution in [1.29, 1.82) is 0 Å². The van der Waals surface area contributed by atoms with Crippen molar-refractivity contribution in [2.75, 3.05) is 6.61 Å². The summed E-state index contributed by atoms with van der Waals surface area (Å²) in [6.45, 7) is 0.488. The van der Waals surface area contributed by atoms with E-state index in [9.17, 15) is 8.42 Å². The molecular formula is C15H26N4O4S. The third kappa shape index (κ3) is 10.8. The van der Waals surface area contributed by atoms with Crippen molar-refractivity contribution >= 4 is 16.3 Å². The summed E-state index contributed by atoms with van der Waals surface area (Å²) >= 11 is 0. The van der Waals surface area contributed by atoms with Gasteiger partial charge in [0.1, 0.15) is 6.61 Å². The lowest BCUT2D eigenvalue weighted by Crippen LogP contribution is -2.25. The highest BCUT2D eigenvalue weighted by atomic mass is 32.2. The quantitative estimate of drug-likeness (QED) is 0.299. The van der Waals surface area contributed by atoms with Crippen LogP contribution in [0.3, 0.4) is 0 Å². The molecule has 0 aliphatic heterocycles. The van der Waals surface area contributed by atoms with E-state index in [2.05, 4.69) is 9.34 Å². The minimum atomic E-state index is -3.72. The van der Waals surface area contributed by atoms with Crippen molar-refractivity contribution in [1.82, 2.24) is 0 Å². The van der Waals surface area contributed by atoms with Gasteiger partial charge in [-0.2, -0.15) is 8.42 Å². The van der Waals surface area contributed by atoms with Crippen molar-refractivity contribution in [3.8, 4) is 0 Å². The highest BCUT2D eigenvalue weighted by molar-refractivity contribution is 7.84. The molecule has 0 heterocycles. The Balaban J connectivity index is 0.000000243. The summed E-state index contributed by atoms with van der Waals surface area (Å²) in [5.74, 6) is -0.0481. The summed E-state index contributed by atoms with van der Waals surface area (Å²) in [7, 11) is -3.72. The first kappa shape index (κ1) is 20.2. The Bertz CT molecular complexity index is 583. The molecule has 0 unspecified atom stereocenters. The van der Waals surface area contributed by atoms with E-state index < -0.39 is 10.3 Å². The summed E-state index contributed by atoms with van der Waals surface area (Å²) in [6.07, 6.45) is 5.52. The van der Waals surface area contributed by atoms with Gasteiger partial charge in [0.05, 0.1) is 6.10 Å². The second-order valence-corrected chi connectivity index (χ2v) is 6.61. The smallest absolute Gasteiger partial charge is 0.333 e. The molecule has 6 N–H and O–H groups in total. The predicted molar refractivity (Wildman–Crippen MR) is 93.0 cm³/mol. The van der Waals surface area contributed by atoms with Crippen LogP contribution in [-0.4, -0.2) is 27.1 Å². The standard InChI is InChI=1S/C9H13N3O.C6H13NO3S/c10-9(11)12-13-7-6-8-4-2-1-3-5-8;7-11(8,9)10-6-4-2-1-3-5-6/h1-5H,6-7H2,(H4,10,11,12);6H,1-5H2,(H2,7,8,9). The van der Waals surface area contributed by atoms with Gasteiger partial charge in [-0.1, -0.05) is 49.6 Å². The Morgan fingerprint density at radius 3 is 2.29 bits per heavy atom. The molecule has 0 saturated heterocycles. The zero-order chi connectivity index (χ0) is 17.8. The predicted octanol–water partition coefficient (Wildman–Crippen LogP) is 0.973. The Morgan fingerprint density at radius 1 is 1.12 bits per heavy atom. The Labute approximate surface area is 143 Å². The molecule has 0 aromatic heterocycles. The molecule has 1 aromatic carbocycles. The zero-order valence-electron chi connectivity index (χ0n) is 13.6. The van der Waals surface area contributed by atoms with E-state index in [0.29, 0.717) is 6.61 Å². The van der Waals surface area contributed by atoms with Gasteiger partial charge in [0, 0.05) is 6.42 Å². The van der Waals surface area contributed by atoms with Gasteiger partial charge in [0.25, 0.3) is 0 Å². The molecule has 1 aliphatic rings. The lowest BCUT2D eigenvalue weighted by Gasteiger charge is -2.19. The van der Waals surface area contributed by atoms with E-state index in [4.69, 9.17) is 21.4 Å². The van der Waals surface area contributed by atoms with Crippen LogP contribution in [0.25, 0.3) is 0 Å². The van der Waals surface area contributed by atoms with Crippen LogP contribution in [0.1, 0.15) is 37.7 Å². The van der Waals surface area contributed by atoms with E-state index in [1.54, 1.807) is 0 Å². The Hall–Kier alpha value is -1.84. The van der Waals surface area contributed by atoms with E-state index in [1.165, 1.54) is 12.0 Å². The number of nitrogens with zero attached hydrogens (tertiary/aromatic N) is 1. The van der Waals surface area contributed by atoms with Crippen LogP contribution in [0.5, 0.6) is 0 Å². The highest BCUT2D eigenvalue weighted by Crippen LogP contribution is 2.20. The number of nitrogens with two attached hydrogens (primary N) is 3. The number of guanidine groups is 1. The lowest BCUT2D eigenvalue weighted by atomic mass is 9.98. The molecule has 1 aliphatic carbocycles. The third-order valence-electron chi connectivity index (χ3n) is 3.32. The van der Waals surface area contributed by atoms with Crippen molar-refractivity contribution in [3.63, 3.8) is 0 Å². The van der Waals surface area contributed by atoms with E-state index in [-0.39, 0.29) is 12.1 Å². The average molecular weight is 358 g/mol. The van der Waals surface area contributed by atoms with Gasteiger partial charge < -0.3 is 16.3 Å². The van der Waals surface area contributed by atoms with E-state index in [1.807, 2.05) is 30.3 Å². The van der Waals surface area contributed by atoms with Crippen LogP contribution < -0.4 is 16.6 Å². The maximum absolute atomic E-state index is 10.5. The molecule has 1 aromatic rings. The van der Waals surface area contributed by atoms with E-state index >= 15 is 0 Å². The fourth-order valence-corrected chi connectivity index (χ4v) is 2.85. The van der Waals surface area contributed by atoms with Crippen molar-refractivity contribution in [2.45, 2.75) is 44.6 Å². The van der Waals surface area contributed by atoms with E-state index in [0.717, 1.165) is 32.1 Å². The number of hydrogen-bond donors (Lipinski definition) is 3. The topological polar surface area (TPSA) is 143 Å². The monoisotopic (exact) mass is 358 g/mol. The Kier molecular flexibility index (Phi) is 9.13. The number of oxime groups is 1. The van der Waals surface area contributed by atoms with Gasteiger partial charge in [-0.05, 0) is 23.6 Å². The molecule has 0 spiro atoms. The molecule has 24 heavy (non-hydrogen) atoms. The van der Waals surface area contributed by atoms with Crippen LogP contribution >= 0.6 is 0 Å². The largest absolute Gasteiger partial charge is 0.393 e. The van der Waals surface area contributed by atoms with Gasteiger partial charge in [0.2, 0.25) is 5.96 Å². The molecule has 0 bridgehead atoms. The van der Waals surface area contributed by atoms with Gasteiger partial charge in [-0.15, -0.1) is 0 Å². The molecule has 0 amide bonds. The summed E-state index contributed by atoms with van der Waals surface area (Å²) in [6, 6.07) is 9.99. The Morgan fingerprint density at radius 2 is 1.75 bits per heavy atom. The number of benzene rings is 1. The molecule has 0 radical (unpaired) electrons. The SMILES string of the molecule is NC(N)=NOCCc1ccccc1.NS(=O)(=O)OC1CCCCC1. The average Bonchev–Trinajstić information content (AvgIpc) is 2.52. The van der Waals surface area contributed by atoms with Crippen molar-refractivity contribution < 1.29 is 17.4 Å². The van der Waals surface area contributed by atoms with Crippen LogP contribution in [-0.2, 0) is 25.7 Å². The van der Waals surface area contributed by atoms with Crippen LogP contribution in [0, 0.1) is 0 Å². The zero-order valence-corrected chi connectivity index (χ0v) is 14.5. The van der Waals surface area contributed by atoms with Crippen LogP contribution in [0.4, 0.5) is 0 Å². The fourth-order valence-electron chi connectivity index (χ4n) is 2.28. The summed E-state index contributed by atoms with van der Waals surface area (Å²) in [4.78, 5) is 4.84. The lowest BCUT2D eigenvalue weighted by molar-refractivity contribution is 0.147. The van der Waals surface area contributed by atoms with Crippen molar-refractivity contribution in [3.05, 3.63) is 35.9 Å². The highest BCUT2D eigenvalue weighted by Gasteiger charge is 2.18. The second kappa shape index (κ2) is 10.8. The first-order valence-electron chi connectivity index (χ1n) is 7.82. The molecule has 0 atom stereocenters. The molecule has 8 nitrogen and oxygen atoms in total. The minimum absolute atomic E-state index is 0.0481. The van der Waals surface area contributed by atoms with Gasteiger partial charge >= 0.3 is 10.3 Å². The molecular weight excluding hydrogens is 332 g/mol. The summed E-state index contributed by atoms with van der Waals surface area (Å²) in [5.41, 5.74) is 11.4. The maximum Gasteiger partial charge on any atom is 0.333 e. The van der Waals surface area contributed by atoms with Gasteiger partial charge in [0.15, 0.2) is 0 Å². The third-order valence-corrected chi connectivity index (χ3v) is 3.86. The summed E-state index contributed by atoms with van der Waals surface area (Å²) < 4.78 is 25.5. The van der Waals surface area contributed by atoms with Crippen molar-refractivity contribution in [2.24, 2.45) is 21.8 Å². The fraction of sp³-hybridized carbons (Fsp3) is 0.533. The summed E-state index contributed by atoms with van der Waals surface area (Å²) in [5, 5.41) is 8.13. The second-order valence-electron chi connectivity index (χ2n) is 5.43.